The molecule has 216 valence electrons. The van der Waals surface area contributed by atoms with E-state index in [0.29, 0.717) is 23.0 Å². The molecule has 0 spiro atoms. The monoisotopic (exact) mass is 574 g/mol. The number of para-hydroxylation sites is 1. The van der Waals surface area contributed by atoms with E-state index in [4.69, 9.17) is 18.5 Å². The third-order valence-corrected chi connectivity index (χ3v) is 8.31. The molecule has 3 aromatic rings. The van der Waals surface area contributed by atoms with Crippen LogP contribution in [0.2, 0.25) is 0 Å². The van der Waals surface area contributed by atoms with Crippen LogP contribution in [-0.2, 0) is 23.4 Å². The molecule has 0 bridgehead atoms. The summed E-state index contributed by atoms with van der Waals surface area (Å²) < 4.78 is 38.4. The van der Waals surface area contributed by atoms with Gasteiger partial charge < -0.3 is 24.4 Å². The van der Waals surface area contributed by atoms with Crippen molar-refractivity contribution in [3.63, 3.8) is 0 Å². The van der Waals surface area contributed by atoms with E-state index in [1.807, 2.05) is 6.92 Å². The molecule has 6 atom stereocenters. The van der Waals surface area contributed by atoms with Crippen molar-refractivity contribution in [2.75, 3.05) is 11.9 Å². The number of aliphatic hydroxyl groups is 1. The number of rotatable bonds is 12. The van der Waals surface area contributed by atoms with Crippen LogP contribution < -0.4 is 14.9 Å². The minimum absolute atomic E-state index is 0.277. The standard InChI is InChI=1S/C26H35N6O7P/c1-15(2)37-26(34)17(4)31-40(35,39-19-8-6-5-7-9-19)36-12-20-22(33)16(3)25(38-20)32-14-29-21-23(30-18-10-11-18)27-13-28-24(21)32/h5-9,13-18,20,22,25,33H,10-12H2,1-4H3,(H,31,35)(H,27,28,30)/t16-,17?,20+,22-,25+,40?/m0/s1. The van der Waals surface area contributed by atoms with Crippen LogP contribution >= 0.6 is 7.75 Å². The van der Waals surface area contributed by atoms with Gasteiger partial charge in [-0.05, 0) is 45.7 Å². The molecule has 1 aliphatic carbocycles. The fraction of sp³-hybridized carbons (Fsp3) is 0.538. The minimum atomic E-state index is -4.12. The second-order valence-corrected chi connectivity index (χ2v) is 12.1. The molecule has 3 heterocycles. The number of imidazole rings is 1. The molecule has 2 fully saturated rings. The molecule has 13 nitrogen and oxygen atoms in total. The van der Waals surface area contributed by atoms with Crippen molar-refractivity contribution < 1.29 is 33.0 Å². The summed E-state index contributed by atoms with van der Waals surface area (Å²) in [6.45, 7) is 6.51. The maximum atomic E-state index is 13.8. The van der Waals surface area contributed by atoms with Crippen molar-refractivity contribution in [1.29, 1.82) is 0 Å². The summed E-state index contributed by atoms with van der Waals surface area (Å²) in [5.41, 5.74) is 1.19. The highest BCUT2D eigenvalue weighted by atomic mass is 31.2. The number of ether oxygens (including phenoxy) is 2. The van der Waals surface area contributed by atoms with Crippen LogP contribution in [0.5, 0.6) is 5.75 Å². The molecular formula is C26H35N6O7P. The van der Waals surface area contributed by atoms with Crippen LogP contribution in [0.25, 0.3) is 11.2 Å². The lowest BCUT2D eigenvalue weighted by Gasteiger charge is -2.25. The summed E-state index contributed by atoms with van der Waals surface area (Å²) >= 11 is 0. The Balaban J connectivity index is 1.31. The minimum Gasteiger partial charge on any atom is -0.462 e. The van der Waals surface area contributed by atoms with Crippen molar-refractivity contribution in [2.45, 2.75) is 77.2 Å². The number of benzene rings is 1. The molecule has 2 aliphatic rings. The van der Waals surface area contributed by atoms with Gasteiger partial charge in [0.15, 0.2) is 17.0 Å². The number of aromatic nitrogens is 4. The first-order valence-electron chi connectivity index (χ1n) is 13.4. The Labute approximate surface area is 232 Å². The quantitative estimate of drug-likeness (QED) is 0.214. The van der Waals surface area contributed by atoms with Crippen molar-refractivity contribution in [3.05, 3.63) is 43.0 Å². The highest BCUT2D eigenvalue weighted by Crippen LogP contribution is 2.46. The molecule has 2 aromatic heterocycles. The number of hydrogen-bond donors (Lipinski definition) is 3. The number of fused-ring (bicyclic) bond motifs is 1. The van der Waals surface area contributed by atoms with Crippen LogP contribution in [-0.4, -0.2) is 67.6 Å². The molecule has 0 amide bonds. The number of esters is 1. The highest BCUT2D eigenvalue weighted by Gasteiger charge is 2.44. The predicted octanol–water partition coefficient (Wildman–Crippen LogP) is 3.43. The van der Waals surface area contributed by atoms with Crippen LogP contribution in [0.1, 0.15) is 46.8 Å². The Kier molecular flexibility index (Phi) is 8.39. The number of anilines is 1. The van der Waals surface area contributed by atoms with Crippen LogP contribution in [0.4, 0.5) is 5.82 Å². The van der Waals surface area contributed by atoms with Crippen molar-refractivity contribution in [1.82, 2.24) is 24.6 Å². The first-order chi connectivity index (χ1) is 19.1. The first-order valence-corrected chi connectivity index (χ1v) is 14.9. The summed E-state index contributed by atoms with van der Waals surface area (Å²) in [6.07, 6.45) is 2.49. The van der Waals surface area contributed by atoms with Gasteiger partial charge in [0.25, 0.3) is 0 Å². The topological polar surface area (TPSA) is 159 Å². The summed E-state index contributed by atoms with van der Waals surface area (Å²) in [6, 6.07) is 7.86. The second-order valence-electron chi connectivity index (χ2n) is 10.4. The van der Waals surface area contributed by atoms with Gasteiger partial charge in [0.05, 0.1) is 25.1 Å². The molecule has 1 saturated carbocycles. The average molecular weight is 575 g/mol. The van der Waals surface area contributed by atoms with Crippen LogP contribution in [0, 0.1) is 5.92 Å². The van der Waals surface area contributed by atoms with Gasteiger partial charge in [-0.25, -0.2) is 19.5 Å². The van der Waals surface area contributed by atoms with Crippen molar-refractivity contribution in [3.8, 4) is 5.75 Å². The zero-order chi connectivity index (χ0) is 28.4. The van der Waals surface area contributed by atoms with E-state index >= 15 is 0 Å². The van der Waals surface area contributed by atoms with E-state index < -0.39 is 38.2 Å². The normalized spacial score (nSPS) is 25.1. The molecule has 1 saturated heterocycles. The lowest BCUT2D eigenvalue weighted by molar-refractivity contribution is -0.149. The molecule has 1 aliphatic heterocycles. The van der Waals surface area contributed by atoms with Gasteiger partial charge in [-0.1, -0.05) is 25.1 Å². The summed E-state index contributed by atoms with van der Waals surface area (Å²) in [7, 11) is -4.12. The van der Waals surface area contributed by atoms with E-state index in [1.165, 1.54) is 13.3 Å². The van der Waals surface area contributed by atoms with Gasteiger partial charge in [0, 0.05) is 12.0 Å². The van der Waals surface area contributed by atoms with Gasteiger partial charge >= 0.3 is 13.7 Å². The average Bonchev–Trinajstić information content (AvgIpc) is 3.56. The van der Waals surface area contributed by atoms with Gasteiger partial charge in [-0.3, -0.25) is 13.9 Å². The fourth-order valence-corrected chi connectivity index (χ4v) is 5.92. The zero-order valence-corrected chi connectivity index (χ0v) is 23.7. The SMILES string of the molecule is CC(C)OC(=O)C(C)NP(=O)(OC[C@H]1O[C@@H](n2cnc3c(NC4CC4)ncnc32)[C@@H](C)[C@@H]1O)Oc1ccccc1. The van der Waals surface area contributed by atoms with E-state index in [2.05, 4.69) is 25.4 Å². The summed E-state index contributed by atoms with van der Waals surface area (Å²) in [5.74, 6) is -0.0384. The number of carbonyl (C=O) groups is 1. The summed E-state index contributed by atoms with van der Waals surface area (Å²) in [4.78, 5) is 25.6. The predicted molar refractivity (Wildman–Crippen MR) is 146 cm³/mol. The van der Waals surface area contributed by atoms with E-state index in [1.54, 1.807) is 55.1 Å². The fourth-order valence-electron chi connectivity index (χ4n) is 4.42. The largest absolute Gasteiger partial charge is 0.462 e. The van der Waals surface area contributed by atoms with Gasteiger partial charge in [0.2, 0.25) is 0 Å². The van der Waals surface area contributed by atoms with Gasteiger partial charge in [-0.2, -0.15) is 5.09 Å². The highest BCUT2D eigenvalue weighted by molar-refractivity contribution is 7.52. The Morgan fingerprint density at radius 2 is 1.95 bits per heavy atom. The van der Waals surface area contributed by atoms with Crippen molar-refractivity contribution in [2.24, 2.45) is 5.92 Å². The van der Waals surface area contributed by atoms with Crippen molar-refractivity contribution >= 4 is 30.7 Å². The lowest BCUT2D eigenvalue weighted by Crippen LogP contribution is -2.37. The number of hydrogen-bond acceptors (Lipinski definition) is 11. The smallest absolute Gasteiger partial charge is 0.459 e. The third kappa shape index (κ3) is 6.45. The number of aliphatic hydroxyl groups excluding tert-OH is 1. The Morgan fingerprint density at radius 3 is 2.65 bits per heavy atom. The molecule has 5 rings (SSSR count). The molecule has 2 unspecified atom stereocenters. The number of carbonyl (C=O) groups excluding carboxylic acids is 1. The molecular weight excluding hydrogens is 539 g/mol. The van der Waals surface area contributed by atoms with Crippen LogP contribution in [0.3, 0.4) is 0 Å². The second kappa shape index (κ2) is 11.8. The Hall–Kier alpha value is -3.09. The molecule has 14 heteroatoms. The zero-order valence-electron chi connectivity index (χ0n) is 22.8. The molecule has 1 aromatic carbocycles. The van der Waals surface area contributed by atoms with Crippen LogP contribution in [0.15, 0.2) is 43.0 Å². The number of nitrogens with one attached hydrogen (secondary N) is 2. The molecule has 3 N–H and O–H groups in total. The third-order valence-electron chi connectivity index (χ3n) is 6.67. The Morgan fingerprint density at radius 1 is 1.20 bits per heavy atom. The molecule has 40 heavy (non-hydrogen) atoms. The van der Waals surface area contributed by atoms with E-state index in [-0.39, 0.29) is 24.4 Å². The number of nitrogens with zero attached hydrogens (tertiary/aromatic N) is 4. The maximum absolute atomic E-state index is 13.8. The van der Waals surface area contributed by atoms with E-state index in [9.17, 15) is 14.5 Å². The maximum Gasteiger partial charge on any atom is 0.459 e. The molecule has 0 radical (unpaired) electrons. The Bertz CT molecular complexity index is 1370. The van der Waals surface area contributed by atoms with Gasteiger partial charge in [-0.15, -0.1) is 0 Å². The van der Waals surface area contributed by atoms with E-state index in [0.717, 1.165) is 12.8 Å². The summed E-state index contributed by atoms with van der Waals surface area (Å²) in [5, 5.41) is 17.0. The first kappa shape index (κ1) is 28.4. The lowest BCUT2D eigenvalue weighted by atomic mass is 10.0. The van der Waals surface area contributed by atoms with Gasteiger partial charge in [0.1, 0.15) is 30.5 Å².